The monoisotopic (exact) mass is 349 g/mol. The zero-order chi connectivity index (χ0) is 11.4. The number of hydrogen-bond donors (Lipinski definition) is 2. The first-order chi connectivity index (χ1) is 7.79. The van der Waals surface area contributed by atoms with E-state index in [9.17, 15) is 0 Å². The van der Waals surface area contributed by atoms with Crippen molar-refractivity contribution in [2.24, 2.45) is 10.7 Å². The molecule has 94 valence electrons. The fraction of sp³-hybridized carbons (Fsp3) is 0.364. The van der Waals surface area contributed by atoms with E-state index in [-0.39, 0.29) is 24.0 Å². The molecule has 17 heavy (non-hydrogen) atoms. The lowest BCUT2D eigenvalue weighted by molar-refractivity contribution is 0.174. The molecule has 0 spiro atoms. The maximum Gasteiger partial charge on any atom is 0.231 e. The first-order valence-electron chi connectivity index (χ1n) is 5.22. The van der Waals surface area contributed by atoms with Crippen molar-refractivity contribution in [2.75, 3.05) is 13.3 Å². The van der Waals surface area contributed by atoms with E-state index in [2.05, 4.69) is 10.3 Å². The number of halogens is 1. The topological polar surface area (TPSA) is 68.9 Å². The van der Waals surface area contributed by atoms with Crippen LogP contribution in [-0.2, 0) is 6.54 Å². The fourth-order valence-electron chi connectivity index (χ4n) is 1.45. The predicted octanol–water partition coefficient (Wildman–Crippen LogP) is 1.46. The van der Waals surface area contributed by atoms with Gasteiger partial charge in [-0.1, -0.05) is 6.07 Å². The molecule has 0 aliphatic carbocycles. The molecule has 0 radical (unpaired) electrons. The molecule has 2 rings (SSSR count). The molecule has 1 aliphatic rings. The van der Waals surface area contributed by atoms with Crippen molar-refractivity contribution in [3.05, 3.63) is 23.8 Å². The standard InChI is InChI=1S/C11H15N3O2.HI/c1-2-13-11(12)14-6-8-3-4-9-10(5-8)16-7-15-9;/h3-5H,2,6-7H2,1H3,(H3,12,13,14);1H. The highest BCUT2D eigenvalue weighted by atomic mass is 127. The van der Waals surface area contributed by atoms with Gasteiger partial charge in [0.1, 0.15) is 0 Å². The van der Waals surface area contributed by atoms with Gasteiger partial charge >= 0.3 is 0 Å². The van der Waals surface area contributed by atoms with Crippen LogP contribution in [0.3, 0.4) is 0 Å². The Morgan fingerprint density at radius 2 is 2.18 bits per heavy atom. The predicted molar refractivity (Wildman–Crippen MR) is 77.0 cm³/mol. The summed E-state index contributed by atoms with van der Waals surface area (Å²) in [5.74, 6) is 2.02. The number of rotatable bonds is 3. The highest BCUT2D eigenvalue weighted by Gasteiger charge is 2.12. The number of ether oxygens (including phenoxy) is 2. The smallest absolute Gasteiger partial charge is 0.231 e. The maximum absolute atomic E-state index is 5.63. The Kier molecular flexibility index (Phi) is 5.33. The number of hydrogen-bond acceptors (Lipinski definition) is 3. The van der Waals surface area contributed by atoms with Gasteiger partial charge in [0.2, 0.25) is 6.79 Å². The van der Waals surface area contributed by atoms with Crippen LogP contribution in [0.5, 0.6) is 11.5 Å². The average molecular weight is 349 g/mol. The lowest BCUT2D eigenvalue weighted by Crippen LogP contribution is -2.31. The summed E-state index contributed by atoms with van der Waals surface area (Å²) in [6.07, 6.45) is 0. The Balaban J connectivity index is 0.00000144. The van der Waals surface area contributed by atoms with Crippen LogP contribution in [0, 0.1) is 0 Å². The molecule has 6 heteroatoms. The molecule has 5 nitrogen and oxygen atoms in total. The van der Waals surface area contributed by atoms with E-state index in [0.29, 0.717) is 19.3 Å². The van der Waals surface area contributed by atoms with Gasteiger partial charge in [0.15, 0.2) is 17.5 Å². The highest BCUT2D eigenvalue weighted by molar-refractivity contribution is 14.0. The Bertz CT molecular complexity index is 410. The molecule has 1 aromatic rings. The van der Waals surface area contributed by atoms with Gasteiger partial charge in [-0.2, -0.15) is 0 Å². The third kappa shape index (κ3) is 3.65. The molecule has 3 N–H and O–H groups in total. The lowest BCUT2D eigenvalue weighted by Gasteiger charge is -2.02. The third-order valence-corrected chi connectivity index (χ3v) is 2.23. The lowest BCUT2D eigenvalue weighted by atomic mass is 10.2. The summed E-state index contributed by atoms with van der Waals surface area (Å²) in [7, 11) is 0. The van der Waals surface area contributed by atoms with Crippen LogP contribution in [0.4, 0.5) is 0 Å². The second-order valence-electron chi connectivity index (χ2n) is 3.42. The molecule has 0 saturated carbocycles. The molecule has 1 heterocycles. The summed E-state index contributed by atoms with van der Waals surface area (Å²) in [6, 6.07) is 5.76. The van der Waals surface area contributed by atoms with Crippen LogP contribution in [0.25, 0.3) is 0 Å². The maximum atomic E-state index is 5.63. The van der Waals surface area contributed by atoms with Crippen molar-refractivity contribution < 1.29 is 9.47 Å². The second kappa shape index (κ2) is 6.53. The van der Waals surface area contributed by atoms with Crippen molar-refractivity contribution in [3.8, 4) is 11.5 Å². The van der Waals surface area contributed by atoms with Gasteiger partial charge in [0.05, 0.1) is 6.54 Å². The number of nitrogens with one attached hydrogen (secondary N) is 1. The van der Waals surface area contributed by atoms with E-state index in [4.69, 9.17) is 15.2 Å². The van der Waals surface area contributed by atoms with Crippen molar-refractivity contribution in [2.45, 2.75) is 13.5 Å². The van der Waals surface area contributed by atoms with Crippen LogP contribution in [-0.4, -0.2) is 19.3 Å². The molecule has 0 atom stereocenters. The van der Waals surface area contributed by atoms with Gasteiger partial charge in [0.25, 0.3) is 0 Å². The van der Waals surface area contributed by atoms with Gasteiger partial charge in [0, 0.05) is 6.54 Å². The summed E-state index contributed by atoms with van der Waals surface area (Å²) in [6.45, 7) is 3.58. The van der Waals surface area contributed by atoms with Gasteiger partial charge in [-0.3, -0.25) is 0 Å². The molecule has 0 amide bonds. The molecule has 1 aromatic carbocycles. The molecular weight excluding hydrogens is 333 g/mol. The van der Waals surface area contributed by atoms with E-state index in [0.717, 1.165) is 23.6 Å². The minimum Gasteiger partial charge on any atom is -0.454 e. The van der Waals surface area contributed by atoms with Crippen LogP contribution < -0.4 is 20.5 Å². The van der Waals surface area contributed by atoms with Crippen LogP contribution in [0.2, 0.25) is 0 Å². The number of nitrogens with two attached hydrogens (primary N) is 1. The van der Waals surface area contributed by atoms with Gasteiger partial charge < -0.3 is 20.5 Å². The average Bonchev–Trinajstić information content (AvgIpc) is 2.74. The van der Waals surface area contributed by atoms with Crippen molar-refractivity contribution in [3.63, 3.8) is 0 Å². The third-order valence-electron chi connectivity index (χ3n) is 2.23. The van der Waals surface area contributed by atoms with Crippen LogP contribution >= 0.6 is 24.0 Å². The largest absolute Gasteiger partial charge is 0.454 e. The molecular formula is C11H16IN3O2. The fourth-order valence-corrected chi connectivity index (χ4v) is 1.45. The van der Waals surface area contributed by atoms with Crippen molar-refractivity contribution >= 4 is 29.9 Å². The Labute approximate surface area is 117 Å². The Hall–Kier alpha value is -1.18. The van der Waals surface area contributed by atoms with Crippen molar-refractivity contribution in [1.29, 1.82) is 0 Å². The van der Waals surface area contributed by atoms with E-state index in [1.807, 2.05) is 25.1 Å². The minimum atomic E-state index is 0. The Morgan fingerprint density at radius 1 is 1.41 bits per heavy atom. The molecule has 1 aliphatic heterocycles. The number of guanidine groups is 1. The number of aliphatic imine (C=N–C) groups is 1. The SMILES string of the molecule is CCNC(N)=NCc1ccc2c(c1)OCO2.I. The summed E-state index contributed by atoms with van der Waals surface area (Å²) >= 11 is 0. The van der Waals surface area contributed by atoms with E-state index in [1.54, 1.807) is 0 Å². The second-order valence-corrected chi connectivity index (χ2v) is 3.42. The van der Waals surface area contributed by atoms with E-state index >= 15 is 0 Å². The number of fused-ring (bicyclic) bond motifs is 1. The normalized spacial score (nSPS) is 13.1. The summed E-state index contributed by atoms with van der Waals surface area (Å²) in [5, 5.41) is 2.94. The van der Waals surface area contributed by atoms with Gasteiger partial charge in [-0.15, -0.1) is 24.0 Å². The molecule has 0 unspecified atom stereocenters. The zero-order valence-corrected chi connectivity index (χ0v) is 11.9. The first-order valence-corrected chi connectivity index (χ1v) is 5.22. The van der Waals surface area contributed by atoms with Gasteiger partial charge in [-0.05, 0) is 24.6 Å². The quantitative estimate of drug-likeness (QED) is 0.493. The molecule has 0 aromatic heterocycles. The first kappa shape index (κ1) is 13.9. The minimum absolute atomic E-state index is 0. The van der Waals surface area contributed by atoms with E-state index < -0.39 is 0 Å². The summed E-state index contributed by atoms with van der Waals surface area (Å²) < 4.78 is 10.5. The number of nitrogens with zero attached hydrogens (tertiary/aromatic N) is 1. The zero-order valence-electron chi connectivity index (χ0n) is 9.60. The summed E-state index contributed by atoms with van der Waals surface area (Å²) in [4.78, 5) is 4.20. The molecule has 0 saturated heterocycles. The van der Waals surface area contributed by atoms with Crippen LogP contribution in [0.1, 0.15) is 12.5 Å². The van der Waals surface area contributed by atoms with Crippen LogP contribution in [0.15, 0.2) is 23.2 Å². The van der Waals surface area contributed by atoms with Gasteiger partial charge in [-0.25, -0.2) is 4.99 Å². The van der Waals surface area contributed by atoms with Crippen molar-refractivity contribution in [1.82, 2.24) is 5.32 Å². The number of benzene rings is 1. The highest BCUT2D eigenvalue weighted by Crippen LogP contribution is 2.32. The summed E-state index contributed by atoms with van der Waals surface area (Å²) in [5.41, 5.74) is 6.67. The van der Waals surface area contributed by atoms with E-state index in [1.165, 1.54) is 0 Å². The molecule has 0 fully saturated rings. The Morgan fingerprint density at radius 3 is 2.94 bits per heavy atom. The molecule has 0 bridgehead atoms.